The molecule has 3 unspecified atom stereocenters. The van der Waals surface area contributed by atoms with Crippen LogP contribution < -0.4 is 16.0 Å². The molecule has 0 bridgehead atoms. The van der Waals surface area contributed by atoms with E-state index in [1.807, 2.05) is 0 Å². The molecule has 4 amide bonds. The second-order valence-corrected chi connectivity index (χ2v) is 14.0. The molecule has 40 heavy (non-hydrogen) atoms. The number of nitrogens with one attached hydrogen (secondary N) is 3. The fraction of sp³-hybridized carbons (Fsp3) is 0.731. The van der Waals surface area contributed by atoms with Gasteiger partial charge in [0.15, 0.2) is 0 Å². The number of rotatable bonds is 5. The minimum Gasteiger partial charge on any atom is -0.444 e. The average molecular weight is 602 g/mol. The summed E-state index contributed by atoms with van der Waals surface area (Å²) in [6.45, 7) is 11.6. The number of hydroxylamine groups is 2. The third-order valence-electron chi connectivity index (χ3n) is 5.65. The number of thioether (sulfide) groups is 2. The van der Waals surface area contributed by atoms with E-state index in [0.29, 0.717) is 12.8 Å². The molecule has 2 rings (SSSR count). The monoisotopic (exact) mass is 601 g/mol. The standard InChI is InChI=1S/C26H43N5O7S2/c1-15(32)27-19(20(33)31(8)36-9)17-13-16(21-39-11-10-12-40-21)14-18(17)28-22(29-23(34)37-25(2,3)4)30-24(35)38-26(5,6)7/h17-19H,10-14H2,1-9H3,(H,27,32)(H2,28,29,30,34,35). The number of alkyl carbamates (subject to hydrolysis) is 2. The van der Waals surface area contributed by atoms with Gasteiger partial charge in [0.05, 0.1) is 13.2 Å². The largest absolute Gasteiger partial charge is 0.444 e. The zero-order chi connectivity index (χ0) is 30.3. The van der Waals surface area contributed by atoms with E-state index < -0.39 is 47.3 Å². The number of carbonyl (C=O) groups excluding carboxylic acids is 4. The zero-order valence-corrected chi connectivity index (χ0v) is 26.5. The van der Waals surface area contributed by atoms with Crippen molar-refractivity contribution in [3.05, 3.63) is 9.81 Å². The molecule has 3 atom stereocenters. The van der Waals surface area contributed by atoms with Gasteiger partial charge in [-0.05, 0) is 77.9 Å². The fourth-order valence-electron chi connectivity index (χ4n) is 4.11. The number of ether oxygens (including phenoxy) is 2. The van der Waals surface area contributed by atoms with Gasteiger partial charge in [0.1, 0.15) is 17.2 Å². The van der Waals surface area contributed by atoms with Crippen molar-refractivity contribution in [1.82, 2.24) is 21.0 Å². The molecule has 0 aromatic heterocycles. The van der Waals surface area contributed by atoms with Crippen LogP contribution in [-0.4, -0.2) is 84.0 Å². The molecular formula is C26H43N5O7S2. The van der Waals surface area contributed by atoms with Crippen molar-refractivity contribution < 1.29 is 33.5 Å². The van der Waals surface area contributed by atoms with Crippen molar-refractivity contribution in [3.8, 4) is 0 Å². The van der Waals surface area contributed by atoms with Crippen LogP contribution in [0.2, 0.25) is 0 Å². The summed E-state index contributed by atoms with van der Waals surface area (Å²) in [6.07, 6.45) is 0.427. The Morgan fingerprint density at radius 3 is 1.93 bits per heavy atom. The Morgan fingerprint density at radius 2 is 1.48 bits per heavy atom. The summed E-state index contributed by atoms with van der Waals surface area (Å²) < 4.78 is 11.9. The normalized spacial score (nSPS) is 20.2. The van der Waals surface area contributed by atoms with E-state index in [0.717, 1.165) is 28.6 Å². The Balaban J connectivity index is 2.53. The highest BCUT2D eigenvalue weighted by Crippen LogP contribution is 2.45. The summed E-state index contributed by atoms with van der Waals surface area (Å²) in [5.74, 6) is 0.498. The second-order valence-electron chi connectivity index (χ2n) is 11.5. The molecule has 2 fully saturated rings. The van der Waals surface area contributed by atoms with Gasteiger partial charge in [-0.1, -0.05) is 0 Å². The van der Waals surface area contributed by atoms with E-state index in [4.69, 9.17) is 19.3 Å². The molecule has 0 aromatic carbocycles. The lowest BCUT2D eigenvalue weighted by Gasteiger charge is -2.29. The van der Waals surface area contributed by atoms with Crippen LogP contribution in [0.1, 0.15) is 67.7 Å². The molecule has 1 saturated carbocycles. The maximum Gasteiger partial charge on any atom is 0.414 e. The molecule has 226 valence electrons. The van der Waals surface area contributed by atoms with Gasteiger partial charge in [0.2, 0.25) is 11.9 Å². The minimum absolute atomic E-state index is 0.178. The maximum absolute atomic E-state index is 13.3. The number of guanidine groups is 1. The number of amides is 4. The lowest BCUT2D eigenvalue weighted by Crippen LogP contribution is -2.53. The first kappa shape index (κ1) is 33.8. The fourth-order valence-corrected chi connectivity index (χ4v) is 6.81. The third-order valence-corrected chi connectivity index (χ3v) is 8.44. The van der Waals surface area contributed by atoms with Crippen LogP contribution in [-0.2, 0) is 23.9 Å². The van der Waals surface area contributed by atoms with E-state index in [1.54, 1.807) is 65.1 Å². The molecule has 0 aromatic rings. The lowest BCUT2D eigenvalue weighted by atomic mass is 9.93. The highest BCUT2D eigenvalue weighted by molar-refractivity contribution is 8.22. The number of likely N-dealkylation sites (N-methyl/N-ethyl adjacent to an activating group) is 1. The summed E-state index contributed by atoms with van der Waals surface area (Å²) in [4.78, 5) is 60.6. The third kappa shape index (κ3) is 11.2. The van der Waals surface area contributed by atoms with E-state index >= 15 is 0 Å². The smallest absolute Gasteiger partial charge is 0.414 e. The Labute approximate surface area is 245 Å². The number of hydrogen-bond acceptors (Lipinski definition) is 10. The lowest BCUT2D eigenvalue weighted by molar-refractivity contribution is -0.173. The van der Waals surface area contributed by atoms with Crippen molar-refractivity contribution in [2.24, 2.45) is 10.9 Å². The van der Waals surface area contributed by atoms with Crippen molar-refractivity contribution in [3.63, 3.8) is 0 Å². The van der Waals surface area contributed by atoms with E-state index in [9.17, 15) is 19.2 Å². The van der Waals surface area contributed by atoms with Gasteiger partial charge in [-0.2, -0.15) is 0 Å². The van der Waals surface area contributed by atoms with Gasteiger partial charge in [-0.25, -0.2) is 19.6 Å². The summed E-state index contributed by atoms with van der Waals surface area (Å²) in [6, 6.07) is -1.55. The van der Waals surface area contributed by atoms with Crippen LogP contribution in [0.25, 0.3) is 0 Å². The van der Waals surface area contributed by atoms with Crippen LogP contribution >= 0.6 is 23.5 Å². The van der Waals surface area contributed by atoms with Gasteiger partial charge in [-0.15, -0.1) is 23.5 Å². The second kappa shape index (κ2) is 14.4. The minimum atomic E-state index is -0.961. The first-order chi connectivity index (χ1) is 18.5. The van der Waals surface area contributed by atoms with Crippen LogP contribution in [0.15, 0.2) is 14.8 Å². The van der Waals surface area contributed by atoms with E-state index in [-0.39, 0.29) is 11.9 Å². The molecule has 1 heterocycles. The highest BCUT2D eigenvalue weighted by Gasteiger charge is 2.43. The number of aliphatic imine (C=N–C) groups is 1. The highest BCUT2D eigenvalue weighted by atomic mass is 32.2. The van der Waals surface area contributed by atoms with Crippen molar-refractivity contribution >= 4 is 53.5 Å². The predicted octanol–water partition coefficient (Wildman–Crippen LogP) is 3.78. The summed E-state index contributed by atoms with van der Waals surface area (Å²) in [5.41, 5.74) is -0.472. The maximum atomic E-state index is 13.3. The predicted molar refractivity (Wildman–Crippen MR) is 157 cm³/mol. The zero-order valence-electron chi connectivity index (χ0n) is 24.8. The molecular weight excluding hydrogens is 558 g/mol. The Bertz CT molecular complexity index is 980. The molecule has 12 nitrogen and oxygen atoms in total. The molecule has 2 aliphatic rings. The van der Waals surface area contributed by atoms with E-state index in [1.165, 1.54) is 25.3 Å². The Morgan fingerprint density at radius 1 is 0.950 bits per heavy atom. The molecule has 1 aliphatic heterocycles. The Kier molecular flexibility index (Phi) is 12.2. The molecule has 1 aliphatic carbocycles. The van der Waals surface area contributed by atoms with E-state index in [2.05, 4.69) is 16.0 Å². The average Bonchev–Trinajstić information content (AvgIpc) is 3.22. The topological polar surface area (TPSA) is 148 Å². The molecule has 3 N–H and O–H groups in total. The van der Waals surface area contributed by atoms with Crippen LogP contribution in [0, 0.1) is 5.92 Å². The van der Waals surface area contributed by atoms with Crippen LogP contribution in [0.4, 0.5) is 9.59 Å². The first-order valence-electron chi connectivity index (χ1n) is 13.1. The summed E-state index contributed by atoms with van der Waals surface area (Å²) in [5, 5.41) is 8.87. The van der Waals surface area contributed by atoms with Gasteiger partial charge in [0, 0.05) is 24.1 Å². The number of hydrogen-bond donors (Lipinski definition) is 3. The van der Waals surface area contributed by atoms with Gasteiger partial charge in [-0.3, -0.25) is 25.1 Å². The first-order valence-corrected chi connectivity index (χ1v) is 15.1. The summed E-state index contributed by atoms with van der Waals surface area (Å²) in [7, 11) is 2.83. The molecule has 1 saturated heterocycles. The Hall–Kier alpha value is -2.45. The molecule has 0 radical (unpaired) electrons. The summed E-state index contributed by atoms with van der Waals surface area (Å²) >= 11 is 3.54. The SMILES string of the molecule is CON(C)C(=O)C(NC(C)=O)C1CC(=C2SCCCS2)CC1N=C(NC(=O)OC(C)(C)C)NC(=O)OC(C)(C)C. The number of nitrogens with zero attached hydrogens (tertiary/aromatic N) is 2. The van der Waals surface area contributed by atoms with Gasteiger partial charge >= 0.3 is 12.2 Å². The van der Waals surface area contributed by atoms with Gasteiger partial charge in [0.25, 0.3) is 5.91 Å². The quantitative estimate of drug-likeness (QED) is 0.243. The van der Waals surface area contributed by atoms with Crippen LogP contribution in [0.5, 0.6) is 0 Å². The van der Waals surface area contributed by atoms with Gasteiger partial charge < -0.3 is 14.8 Å². The number of carbonyl (C=O) groups is 4. The van der Waals surface area contributed by atoms with Crippen molar-refractivity contribution in [1.29, 1.82) is 0 Å². The van der Waals surface area contributed by atoms with Crippen molar-refractivity contribution in [2.45, 2.75) is 91.0 Å². The molecule has 0 spiro atoms. The van der Waals surface area contributed by atoms with Crippen LogP contribution in [0.3, 0.4) is 0 Å². The molecule has 14 heteroatoms. The van der Waals surface area contributed by atoms with Crippen molar-refractivity contribution in [2.75, 3.05) is 25.7 Å².